The Hall–Kier alpha value is -3.54. The van der Waals surface area contributed by atoms with E-state index in [0.717, 1.165) is 11.1 Å². The van der Waals surface area contributed by atoms with E-state index in [1.807, 2.05) is 19.1 Å². The first-order chi connectivity index (χ1) is 16.1. The number of sulfonamides is 1. The molecule has 3 aromatic rings. The van der Waals surface area contributed by atoms with Gasteiger partial charge in [-0.15, -0.1) is 0 Å². The highest BCUT2D eigenvalue weighted by atomic mass is 32.2. The third kappa shape index (κ3) is 5.33. The van der Waals surface area contributed by atoms with Crippen molar-refractivity contribution in [3.63, 3.8) is 0 Å². The summed E-state index contributed by atoms with van der Waals surface area (Å²) in [7, 11) is -3.89. The van der Waals surface area contributed by atoms with Crippen LogP contribution in [0.25, 0.3) is 0 Å². The Kier molecular flexibility index (Phi) is 6.51. The summed E-state index contributed by atoms with van der Waals surface area (Å²) in [6, 6.07) is 12.2. The van der Waals surface area contributed by atoms with Gasteiger partial charge in [0.25, 0.3) is 10.0 Å². The number of carbonyl (C=O) groups is 1. The van der Waals surface area contributed by atoms with Crippen molar-refractivity contribution in [1.82, 2.24) is 20.8 Å². The average molecular weight is 483 g/mol. The first-order valence-corrected chi connectivity index (χ1v) is 12.2. The number of phenolic OH excluding ortho intramolecular Hbond substituents is 1. The Morgan fingerprint density at radius 2 is 1.68 bits per heavy atom. The lowest BCUT2D eigenvalue weighted by molar-refractivity contribution is -0.117. The number of aryl methyl sites for hydroxylation is 3. The maximum absolute atomic E-state index is 12.7. The summed E-state index contributed by atoms with van der Waals surface area (Å²) in [6.45, 7) is 5.44. The van der Waals surface area contributed by atoms with Gasteiger partial charge < -0.3 is 10.4 Å². The van der Waals surface area contributed by atoms with Crippen molar-refractivity contribution in [3.05, 3.63) is 71.0 Å². The summed E-state index contributed by atoms with van der Waals surface area (Å²) in [6.07, 6.45) is 0.440. The van der Waals surface area contributed by atoms with Crippen LogP contribution < -0.4 is 20.9 Å². The molecule has 1 fully saturated rings. The number of carbonyl (C=O) groups excluding carboxylic acids is 1. The van der Waals surface area contributed by atoms with Crippen LogP contribution in [0.1, 0.15) is 35.0 Å². The van der Waals surface area contributed by atoms with Crippen molar-refractivity contribution in [1.29, 1.82) is 0 Å². The van der Waals surface area contributed by atoms with Crippen molar-refractivity contribution in [2.75, 3.05) is 10.0 Å². The summed E-state index contributed by atoms with van der Waals surface area (Å²) in [5.41, 5.74) is 9.48. The zero-order valence-electron chi connectivity index (χ0n) is 19.0. The van der Waals surface area contributed by atoms with Crippen molar-refractivity contribution in [2.24, 2.45) is 0 Å². The first-order valence-electron chi connectivity index (χ1n) is 10.7. The van der Waals surface area contributed by atoms with Gasteiger partial charge in [0.05, 0.1) is 10.9 Å². The molecule has 2 atom stereocenters. The topological polar surface area (TPSA) is 145 Å². The van der Waals surface area contributed by atoms with E-state index in [-0.39, 0.29) is 28.5 Å². The molecule has 10 nitrogen and oxygen atoms in total. The van der Waals surface area contributed by atoms with Gasteiger partial charge in [-0.05, 0) is 63.6 Å². The summed E-state index contributed by atoms with van der Waals surface area (Å²) in [5, 5.41) is 12.9. The van der Waals surface area contributed by atoms with Gasteiger partial charge in [0, 0.05) is 22.6 Å². The quantitative estimate of drug-likeness (QED) is 0.360. The number of hydrazine groups is 1. The Labute approximate surface area is 197 Å². The molecule has 4 rings (SSSR count). The smallest absolute Gasteiger partial charge is 0.264 e. The van der Waals surface area contributed by atoms with Crippen LogP contribution in [0.3, 0.4) is 0 Å². The van der Waals surface area contributed by atoms with Gasteiger partial charge in [-0.25, -0.2) is 34.0 Å². The maximum atomic E-state index is 12.7. The van der Waals surface area contributed by atoms with Gasteiger partial charge in [0.1, 0.15) is 11.8 Å². The Bertz CT molecular complexity index is 1310. The van der Waals surface area contributed by atoms with Gasteiger partial charge >= 0.3 is 0 Å². The van der Waals surface area contributed by atoms with Crippen LogP contribution in [0, 0.1) is 20.8 Å². The molecule has 0 aliphatic carbocycles. The number of aromatic nitrogens is 2. The van der Waals surface area contributed by atoms with E-state index in [1.54, 1.807) is 26.0 Å². The van der Waals surface area contributed by atoms with E-state index in [1.165, 1.54) is 24.3 Å². The minimum absolute atomic E-state index is 0.00360. The Morgan fingerprint density at radius 3 is 2.35 bits per heavy atom. The van der Waals surface area contributed by atoms with Crippen LogP contribution in [0.4, 0.5) is 11.6 Å². The van der Waals surface area contributed by atoms with Gasteiger partial charge in [-0.3, -0.25) is 4.79 Å². The summed E-state index contributed by atoms with van der Waals surface area (Å²) in [5.74, 6) is -0.106. The second kappa shape index (κ2) is 9.37. The number of amides is 1. The number of nitrogens with zero attached hydrogens (tertiary/aromatic N) is 2. The molecular weight excluding hydrogens is 456 g/mol. The maximum Gasteiger partial charge on any atom is 0.264 e. The molecule has 0 radical (unpaired) electrons. The fourth-order valence-corrected chi connectivity index (χ4v) is 4.73. The highest BCUT2D eigenvalue weighted by Gasteiger charge is 2.31. The second-order valence-corrected chi connectivity index (χ2v) is 9.97. The molecule has 5 N–H and O–H groups in total. The van der Waals surface area contributed by atoms with E-state index < -0.39 is 16.1 Å². The minimum Gasteiger partial charge on any atom is -0.508 e. The number of rotatable bonds is 6. The normalized spacial score (nSPS) is 18.0. The summed E-state index contributed by atoms with van der Waals surface area (Å²) < 4.78 is 27.7. The molecule has 178 valence electrons. The van der Waals surface area contributed by atoms with Crippen LogP contribution in [0.2, 0.25) is 0 Å². The zero-order chi connectivity index (χ0) is 24.5. The Morgan fingerprint density at radius 1 is 1.00 bits per heavy atom. The van der Waals surface area contributed by atoms with E-state index in [0.29, 0.717) is 23.5 Å². The lowest BCUT2D eigenvalue weighted by atomic mass is 9.99. The number of nitrogens with one attached hydrogen (secondary N) is 4. The average Bonchev–Trinajstić information content (AvgIpc) is 3.25. The predicted octanol–water partition coefficient (Wildman–Crippen LogP) is 2.45. The van der Waals surface area contributed by atoms with Gasteiger partial charge in [-0.1, -0.05) is 17.7 Å². The van der Waals surface area contributed by atoms with Crippen LogP contribution in [0.5, 0.6) is 5.75 Å². The van der Waals surface area contributed by atoms with Crippen molar-refractivity contribution in [3.8, 4) is 5.75 Å². The lowest BCUT2D eigenvalue weighted by Crippen LogP contribution is -2.39. The third-order valence-corrected chi connectivity index (χ3v) is 6.76. The van der Waals surface area contributed by atoms with Crippen molar-refractivity contribution >= 4 is 27.6 Å². The van der Waals surface area contributed by atoms with Crippen LogP contribution in [-0.4, -0.2) is 35.4 Å². The molecule has 1 aromatic heterocycles. The number of hydrogen-bond donors (Lipinski definition) is 5. The van der Waals surface area contributed by atoms with E-state index in [2.05, 4.69) is 30.9 Å². The zero-order valence-corrected chi connectivity index (χ0v) is 19.8. The van der Waals surface area contributed by atoms with E-state index >= 15 is 0 Å². The molecule has 2 unspecified atom stereocenters. The highest BCUT2D eigenvalue weighted by molar-refractivity contribution is 7.92. The third-order valence-electron chi connectivity index (χ3n) is 5.42. The van der Waals surface area contributed by atoms with Gasteiger partial charge in [0.2, 0.25) is 11.9 Å². The molecule has 34 heavy (non-hydrogen) atoms. The molecule has 2 heterocycles. The monoisotopic (exact) mass is 482 g/mol. The summed E-state index contributed by atoms with van der Waals surface area (Å²) in [4.78, 5) is 20.9. The fraction of sp³-hybridized carbons (Fsp3) is 0.261. The second-order valence-electron chi connectivity index (χ2n) is 8.29. The van der Waals surface area contributed by atoms with Crippen LogP contribution >= 0.6 is 0 Å². The molecule has 11 heteroatoms. The molecule has 2 aromatic carbocycles. The number of anilines is 2. The van der Waals surface area contributed by atoms with E-state index in [9.17, 15) is 18.3 Å². The fourth-order valence-electron chi connectivity index (χ4n) is 3.78. The van der Waals surface area contributed by atoms with Crippen LogP contribution in [0.15, 0.2) is 53.4 Å². The SMILES string of the molecule is Cc1ccc(O)c(C2CC(C(=O)Nc3ccc(S(=O)(=O)Nc4nc(C)cc(C)n4)cc3)NN2)c1. The standard InChI is InChI=1S/C23H26N6O4S/c1-13-4-9-21(30)18(10-13)19-12-20(28-27-19)22(31)26-16-5-7-17(8-6-16)34(32,33)29-23-24-14(2)11-15(3)25-23/h4-11,19-20,27-28,30H,12H2,1-3H3,(H,26,31)(H,24,25,29). The minimum atomic E-state index is -3.89. The molecule has 1 saturated heterocycles. The van der Waals surface area contributed by atoms with Crippen LogP contribution in [-0.2, 0) is 14.8 Å². The highest BCUT2D eigenvalue weighted by Crippen LogP contribution is 2.30. The molecule has 1 aliphatic rings. The van der Waals surface area contributed by atoms with Crippen molar-refractivity contribution < 1.29 is 18.3 Å². The molecule has 0 bridgehead atoms. The number of hydrogen-bond acceptors (Lipinski definition) is 8. The van der Waals surface area contributed by atoms with Crippen molar-refractivity contribution in [2.45, 2.75) is 44.2 Å². The number of benzene rings is 2. The molecule has 0 saturated carbocycles. The molecule has 1 amide bonds. The van der Waals surface area contributed by atoms with E-state index in [4.69, 9.17) is 0 Å². The Balaban J connectivity index is 1.39. The largest absolute Gasteiger partial charge is 0.508 e. The van der Waals surface area contributed by atoms with Gasteiger partial charge in [0.15, 0.2) is 0 Å². The lowest BCUT2D eigenvalue weighted by Gasteiger charge is -2.13. The first kappa shape index (κ1) is 23.6. The summed E-state index contributed by atoms with van der Waals surface area (Å²) >= 11 is 0. The predicted molar refractivity (Wildman–Crippen MR) is 128 cm³/mol. The molecule has 0 spiro atoms. The number of phenols is 1. The van der Waals surface area contributed by atoms with Gasteiger partial charge in [-0.2, -0.15) is 0 Å². The number of aromatic hydroxyl groups is 1. The molecular formula is C23H26N6O4S. The molecule has 1 aliphatic heterocycles.